The SMILES string of the molecule is Cc1ccc(C#N)cc1OCCC(=O)ONN. The van der Waals surface area contributed by atoms with Gasteiger partial charge in [0.15, 0.2) is 0 Å². The molecule has 17 heavy (non-hydrogen) atoms. The molecular weight excluding hydrogens is 222 g/mol. The molecule has 0 aliphatic carbocycles. The number of hydrogen-bond acceptors (Lipinski definition) is 6. The summed E-state index contributed by atoms with van der Waals surface area (Å²) in [5.74, 6) is 4.87. The van der Waals surface area contributed by atoms with Crippen molar-refractivity contribution in [3.63, 3.8) is 0 Å². The van der Waals surface area contributed by atoms with E-state index in [0.29, 0.717) is 11.3 Å². The van der Waals surface area contributed by atoms with Crippen molar-refractivity contribution < 1.29 is 14.4 Å². The predicted molar refractivity (Wildman–Crippen MR) is 59.4 cm³/mol. The number of ether oxygens (including phenoxy) is 1. The van der Waals surface area contributed by atoms with Crippen molar-refractivity contribution in [1.29, 1.82) is 5.26 Å². The molecule has 3 N–H and O–H groups in total. The highest BCUT2D eigenvalue weighted by Crippen LogP contribution is 2.19. The van der Waals surface area contributed by atoms with Crippen molar-refractivity contribution in [2.75, 3.05) is 6.61 Å². The number of nitrogens with two attached hydrogens (primary N) is 1. The highest BCUT2D eigenvalue weighted by Gasteiger charge is 2.05. The lowest BCUT2D eigenvalue weighted by Gasteiger charge is -2.08. The van der Waals surface area contributed by atoms with Crippen LogP contribution in [0.4, 0.5) is 0 Å². The van der Waals surface area contributed by atoms with Crippen LogP contribution in [0.2, 0.25) is 0 Å². The fraction of sp³-hybridized carbons (Fsp3) is 0.273. The molecule has 0 radical (unpaired) electrons. The van der Waals surface area contributed by atoms with Gasteiger partial charge in [-0.25, -0.2) is 5.84 Å². The first-order valence-electron chi connectivity index (χ1n) is 4.96. The molecule has 0 aliphatic rings. The molecular formula is C11H13N3O3. The van der Waals surface area contributed by atoms with Gasteiger partial charge in [-0.3, -0.25) is 4.79 Å². The quantitative estimate of drug-likeness (QED) is 0.571. The topological polar surface area (TPSA) is 97.4 Å². The van der Waals surface area contributed by atoms with Crippen molar-refractivity contribution in [2.24, 2.45) is 5.84 Å². The first kappa shape index (κ1) is 13.0. The standard InChI is InChI=1S/C11H13N3O3/c1-8-2-3-9(7-12)6-10(8)16-5-4-11(15)17-14-13/h2-3,6,14H,4-5,13H2,1H3. The third-order valence-corrected chi connectivity index (χ3v) is 2.05. The van der Waals surface area contributed by atoms with E-state index in [0.717, 1.165) is 5.56 Å². The van der Waals surface area contributed by atoms with Gasteiger partial charge in [-0.1, -0.05) is 11.7 Å². The molecule has 0 saturated carbocycles. The van der Waals surface area contributed by atoms with Gasteiger partial charge in [-0.2, -0.15) is 5.26 Å². The number of nitrogens with zero attached hydrogens (tertiary/aromatic N) is 1. The first-order valence-corrected chi connectivity index (χ1v) is 4.96. The lowest BCUT2D eigenvalue weighted by atomic mass is 10.1. The van der Waals surface area contributed by atoms with E-state index >= 15 is 0 Å². The van der Waals surface area contributed by atoms with E-state index in [9.17, 15) is 4.79 Å². The summed E-state index contributed by atoms with van der Waals surface area (Å²) in [6, 6.07) is 7.13. The molecule has 90 valence electrons. The second-order valence-electron chi connectivity index (χ2n) is 3.28. The summed E-state index contributed by atoms with van der Waals surface area (Å²) in [4.78, 5) is 15.3. The Hall–Kier alpha value is -2.10. The smallest absolute Gasteiger partial charge is 0.329 e. The summed E-state index contributed by atoms with van der Waals surface area (Å²) >= 11 is 0. The molecule has 0 aromatic heterocycles. The summed E-state index contributed by atoms with van der Waals surface area (Å²) in [7, 11) is 0. The van der Waals surface area contributed by atoms with Gasteiger partial charge in [0.2, 0.25) is 0 Å². The number of rotatable bonds is 5. The van der Waals surface area contributed by atoms with Crippen molar-refractivity contribution in [2.45, 2.75) is 13.3 Å². The number of nitrogens with one attached hydrogen (secondary N) is 1. The van der Waals surface area contributed by atoms with Crippen molar-refractivity contribution >= 4 is 5.97 Å². The number of aryl methyl sites for hydroxylation is 1. The highest BCUT2D eigenvalue weighted by molar-refractivity contribution is 5.69. The zero-order chi connectivity index (χ0) is 12.7. The molecule has 0 heterocycles. The second kappa shape index (κ2) is 6.48. The monoisotopic (exact) mass is 235 g/mol. The zero-order valence-corrected chi connectivity index (χ0v) is 9.40. The van der Waals surface area contributed by atoms with Crippen molar-refractivity contribution in [1.82, 2.24) is 5.59 Å². The summed E-state index contributed by atoms with van der Waals surface area (Å²) in [5, 5.41) is 8.73. The number of nitriles is 1. The molecule has 0 amide bonds. The summed E-state index contributed by atoms with van der Waals surface area (Å²) < 4.78 is 5.38. The van der Waals surface area contributed by atoms with Gasteiger partial charge >= 0.3 is 5.97 Å². The number of benzene rings is 1. The number of hydrazine groups is 1. The third kappa shape index (κ3) is 4.10. The minimum absolute atomic E-state index is 0.0699. The number of carbonyl (C=O) groups excluding carboxylic acids is 1. The van der Waals surface area contributed by atoms with Crippen LogP contribution in [0.1, 0.15) is 17.5 Å². The lowest BCUT2D eigenvalue weighted by Crippen LogP contribution is -2.27. The minimum atomic E-state index is -0.512. The van der Waals surface area contributed by atoms with Crippen LogP contribution < -0.4 is 16.2 Å². The van der Waals surface area contributed by atoms with E-state index in [4.69, 9.17) is 15.8 Å². The Morgan fingerprint density at radius 3 is 3.00 bits per heavy atom. The van der Waals surface area contributed by atoms with Gasteiger partial charge in [-0.05, 0) is 24.6 Å². The average Bonchev–Trinajstić information content (AvgIpc) is 2.32. The maximum atomic E-state index is 10.9. The van der Waals surface area contributed by atoms with Gasteiger partial charge in [0, 0.05) is 0 Å². The largest absolute Gasteiger partial charge is 0.493 e. The summed E-state index contributed by atoms with van der Waals surface area (Å²) in [5.41, 5.74) is 3.21. The van der Waals surface area contributed by atoms with E-state index in [1.807, 2.05) is 13.0 Å². The van der Waals surface area contributed by atoms with Crippen LogP contribution in [-0.2, 0) is 9.63 Å². The van der Waals surface area contributed by atoms with E-state index in [1.54, 1.807) is 23.8 Å². The fourth-order valence-electron chi connectivity index (χ4n) is 1.19. The zero-order valence-electron chi connectivity index (χ0n) is 9.40. The maximum Gasteiger partial charge on any atom is 0.329 e. The minimum Gasteiger partial charge on any atom is -0.493 e. The van der Waals surface area contributed by atoms with Crippen molar-refractivity contribution in [3.8, 4) is 11.8 Å². The lowest BCUT2D eigenvalue weighted by molar-refractivity contribution is -0.151. The Labute approximate surface area is 98.9 Å². The van der Waals surface area contributed by atoms with Crippen molar-refractivity contribution in [3.05, 3.63) is 29.3 Å². The van der Waals surface area contributed by atoms with Crippen LogP contribution in [0.25, 0.3) is 0 Å². The van der Waals surface area contributed by atoms with Gasteiger partial charge in [-0.15, -0.1) is 0 Å². The van der Waals surface area contributed by atoms with Gasteiger partial charge in [0.25, 0.3) is 0 Å². The van der Waals surface area contributed by atoms with E-state index in [2.05, 4.69) is 4.84 Å². The molecule has 0 atom stereocenters. The summed E-state index contributed by atoms with van der Waals surface area (Å²) in [6.07, 6.45) is 0.0699. The molecule has 0 spiro atoms. The Kier molecular flexibility index (Phi) is 4.94. The Bertz CT molecular complexity index is 440. The Balaban J connectivity index is 2.52. The van der Waals surface area contributed by atoms with Crippen LogP contribution in [-0.4, -0.2) is 12.6 Å². The molecule has 0 unspecified atom stereocenters. The molecule has 1 rings (SSSR count). The molecule has 0 bridgehead atoms. The maximum absolute atomic E-state index is 10.9. The Morgan fingerprint density at radius 2 is 2.35 bits per heavy atom. The van der Waals surface area contributed by atoms with Gasteiger partial charge in [0.05, 0.1) is 24.7 Å². The molecule has 6 heteroatoms. The van der Waals surface area contributed by atoms with Crippen LogP contribution in [0.15, 0.2) is 18.2 Å². The van der Waals surface area contributed by atoms with E-state index < -0.39 is 5.97 Å². The van der Waals surface area contributed by atoms with Crippen LogP contribution in [0, 0.1) is 18.3 Å². The number of carbonyl (C=O) groups is 1. The molecule has 6 nitrogen and oxygen atoms in total. The number of hydrogen-bond donors (Lipinski definition) is 2. The molecule has 1 aromatic carbocycles. The summed E-state index contributed by atoms with van der Waals surface area (Å²) in [6.45, 7) is 2.02. The van der Waals surface area contributed by atoms with E-state index in [1.165, 1.54) is 0 Å². The Morgan fingerprint density at radius 1 is 1.59 bits per heavy atom. The molecule has 0 saturated heterocycles. The normalized spacial score (nSPS) is 9.47. The second-order valence-corrected chi connectivity index (χ2v) is 3.28. The van der Waals surface area contributed by atoms with Gasteiger partial charge < -0.3 is 9.57 Å². The molecule has 0 aliphatic heterocycles. The van der Waals surface area contributed by atoms with E-state index in [-0.39, 0.29) is 13.0 Å². The molecule has 0 fully saturated rings. The predicted octanol–water partition coefficient (Wildman–Crippen LogP) is 0.557. The highest BCUT2D eigenvalue weighted by atomic mass is 16.7. The third-order valence-electron chi connectivity index (χ3n) is 2.05. The van der Waals surface area contributed by atoms with Gasteiger partial charge in [0.1, 0.15) is 5.75 Å². The van der Waals surface area contributed by atoms with Crippen LogP contribution in [0.3, 0.4) is 0 Å². The van der Waals surface area contributed by atoms with Crippen LogP contribution >= 0.6 is 0 Å². The molecule has 1 aromatic rings. The van der Waals surface area contributed by atoms with Crippen LogP contribution in [0.5, 0.6) is 5.75 Å². The average molecular weight is 235 g/mol. The first-order chi connectivity index (χ1) is 8.17. The fourth-order valence-corrected chi connectivity index (χ4v) is 1.19.